The first-order valence-corrected chi connectivity index (χ1v) is 6.92. The zero-order chi connectivity index (χ0) is 13.8. The first-order valence-electron chi connectivity index (χ1n) is 6.55. The summed E-state index contributed by atoms with van der Waals surface area (Å²) in [4.78, 5) is 2.26. The quantitative estimate of drug-likeness (QED) is 0.924. The van der Waals surface area contributed by atoms with Crippen molar-refractivity contribution in [3.63, 3.8) is 0 Å². The van der Waals surface area contributed by atoms with Gasteiger partial charge in [0.15, 0.2) is 0 Å². The Bertz CT molecular complexity index is 430. The molecule has 1 aromatic rings. The highest BCUT2D eigenvalue weighted by Crippen LogP contribution is 2.24. The number of nitrogens with zero attached hydrogens (tertiary/aromatic N) is 1. The molecule has 19 heavy (non-hydrogen) atoms. The van der Waals surface area contributed by atoms with Gasteiger partial charge in [0.1, 0.15) is 5.82 Å². The van der Waals surface area contributed by atoms with Crippen LogP contribution in [0.5, 0.6) is 0 Å². The fraction of sp³-hybridized carbons (Fsp3) is 0.571. The van der Waals surface area contributed by atoms with Gasteiger partial charge in [0.2, 0.25) is 0 Å². The van der Waals surface area contributed by atoms with Crippen LogP contribution in [0, 0.1) is 5.82 Å². The summed E-state index contributed by atoms with van der Waals surface area (Å²) in [5.74, 6) is -0.254. The second-order valence-electron chi connectivity index (χ2n) is 4.98. The summed E-state index contributed by atoms with van der Waals surface area (Å²) in [5, 5.41) is 0.603. The Morgan fingerprint density at radius 2 is 2.32 bits per heavy atom. The molecule has 0 saturated carbocycles. The van der Waals surface area contributed by atoms with Crippen LogP contribution >= 0.6 is 11.6 Å². The van der Waals surface area contributed by atoms with E-state index in [4.69, 9.17) is 22.1 Å². The van der Waals surface area contributed by atoms with Crippen molar-refractivity contribution < 1.29 is 9.13 Å². The van der Waals surface area contributed by atoms with E-state index in [9.17, 15) is 4.39 Å². The van der Waals surface area contributed by atoms with Gasteiger partial charge in [-0.15, -0.1) is 0 Å². The summed E-state index contributed by atoms with van der Waals surface area (Å²) in [7, 11) is 1.73. The molecule has 0 radical (unpaired) electrons. The van der Waals surface area contributed by atoms with E-state index in [1.165, 1.54) is 12.1 Å². The van der Waals surface area contributed by atoms with Gasteiger partial charge in [-0.25, -0.2) is 4.39 Å². The number of ether oxygens (including phenoxy) is 1. The first kappa shape index (κ1) is 14.7. The smallest absolute Gasteiger partial charge is 0.123 e. The Labute approximate surface area is 118 Å². The minimum Gasteiger partial charge on any atom is -0.381 e. The summed E-state index contributed by atoms with van der Waals surface area (Å²) >= 11 is 6.11. The number of likely N-dealkylation sites (tertiary alicyclic amines) is 1. The number of hydrogen-bond donors (Lipinski definition) is 1. The van der Waals surface area contributed by atoms with Crippen molar-refractivity contribution in [3.8, 4) is 0 Å². The van der Waals surface area contributed by atoms with Crippen LogP contribution in [0.4, 0.5) is 4.39 Å². The monoisotopic (exact) mass is 286 g/mol. The third-order valence-corrected chi connectivity index (χ3v) is 4.14. The standard InChI is InChI=1S/C14H20ClFN2O/c1-19-13-4-5-18(12(7-13)8-17)9-10-6-11(16)2-3-14(10)15/h2-3,6,12-13H,4-5,7-9,17H2,1H3. The molecule has 2 N–H and O–H groups in total. The number of rotatable bonds is 4. The number of hydrogen-bond acceptors (Lipinski definition) is 3. The molecule has 2 rings (SSSR count). The number of piperidine rings is 1. The van der Waals surface area contributed by atoms with Crippen LogP contribution in [-0.2, 0) is 11.3 Å². The highest BCUT2D eigenvalue weighted by atomic mass is 35.5. The molecule has 2 unspecified atom stereocenters. The molecule has 1 saturated heterocycles. The Balaban J connectivity index is 2.07. The predicted molar refractivity (Wildman–Crippen MR) is 74.7 cm³/mol. The summed E-state index contributed by atoms with van der Waals surface area (Å²) in [6.07, 6.45) is 2.16. The molecule has 1 aliphatic rings. The van der Waals surface area contributed by atoms with E-state index < -0.39 is 0 Å². The van der Waals surface area contributed by atoms with Gasteiger partial charge in [0, 0.05) is 37.8 Å². The molecule has 106 valence electrons. The molecule has 0 bridgehead atoms. The van der Waals surface area contributed by atoms with Crippen molar-refractivity contribution in [1.82, 2.24) is 4.90 Å². The van der Waals surface area contributed by atoms with Crippen molar-refractivity contribution in [1.29, 1.82) is 0 Å². The van der Waals surface area contributed by atoms with Crippen LogP contribution in [0.2, 0.25) is 5.02 Å². The van der Waals surface area contributed by atoms with Gasteiger partial charge in [0.25, 0.3) is 0 Å². The highest BCUT2D eigenvalue weighted by Gasteiger charge is 2.27. The lowest BCUT2D eigenvalue weighted by Gasteiger charge is -2.38. The van der Waals surface area contributed by atoms with Gasteiger partial charge >= 0.3 is 0 Å². The molecule has 0 aliphatic carbocycles. The normalized spacial score (nSPS) is 24.6. The Kier molecular flexibility index (Phi) is 5.16. The maximum absolute atomic E-state index is 13.3. The second-order valence-corrected chi connectivity index (χ2v) is 5.39. The lowest BCUT2D eigenvalue weighted by molar-refractivity contribution is 0.0102. The van der Waals surface area contributed by atoms with Crippen LogP contribution in [0.15, 0.2) is 18.2 Å². The van der Waals surface area contributed by atoms with Crippen LogP contribution in [-0.4, -0.2) is 37.2 Å². The summed E-state index contributed by atoms with van der Waals surface area (Å²) in [6.45, 7) is 2.11. The van der Waals surface area contributed by atoms with E-state index in [2.05, 4.69) is 4.90 Å². The van der Waals surface area contributed by atoms with Gasteiger partial charge in [-0.3, -0.25) is 4.90 Å². The van der Waals surface area contributed by atoms with Crippen LogP contribution in [0.25, 0.3) is 0 Å². The van der Waals surface area contributed by atoms with Crippen molar-refractivity contribution in [2.75, 3.05) is 20.2 Å². The molecule has 2 atom stereocenters. The zero-order valence-electron chi connectivity index (χ0n) is 11.1. The zero-order valence-corrected chi connectivity index (χ0v) is 11.9. The van der Waals surface area contributed by atoms with Crippen molar-refractivity contribution >= 4 is 11.6 Å². The molecule has 0 amide bonds. The Morgan fingerprint density at radius 3 is 3.00 bits per heavy atom. The van der Waals surface area contributed by atoms with Gasteiger partial charge in [-0.05, 0) is 36.6 Å². The van der Waals surface area contributed by atoms with Crippen molar-refractivity contribution in [2.45, 2.75) is 31.5 Å². The summed E-state index contributed by atoms with van der Waals surface area (Å²) in [6, 6.07) is 4.74. The fourth-order valence-electron chi connectivity index (χ4n) is 2.61. The molecular formula is C14H20ClFN2O. The lowest BCUT2D eigenvalue weighted by atomic mass is 9.98. The van der Waals surface area contributed by atoms with Gasteiger partial charge in [-0.1, -0.05) is 11.6 Å². The Hall–Kier alpha value is -0.680. The average molecular weight is 287 g/mol. The number of halogens is 2. The molecule has 1 aliphatic heterocycles. The third kappa shape index (κ3) is 3.66. The second kappa shape index (κ2) is 6.66. The molecule has 0 spiro atoms. The number of methoxy groups -OCH3 is 1. The molecule has 1 aromatic carbocycles. The van der Waals surface area contributed by atoms with Gasteiger partial charge < -0.3 is 10.5 Å². The number of nitrogens with two attached hydrogens (primary N) is 1. The number of benzene rings is 1. The van der Waals surface area contributed by atoms with E-state index in [-0.39, 0.29) is 18.0 Å². The molecule has 1 fully saturated rings. The van der Waals surface area contributed by atoms with Crippen molar-refractivity contribution in [3.05, 3.63) is 34.6 Å². The maximum Gasteiger partial charge on any atom is 0.123 e. The fourth-order valence-corrected chi connectivity index (χ4v) is 2.79. The first-order chi connectivity index (χ1) is 9.13. The van der Waals surface area contributed by atoms with Crippen molar-refractivity contribution in [2.24, 2.45) is 5.73 Å². The van der Waals surface area contributed by atoms with Gasteiger partial charge in [0.05, 0.1) is 6.10 Å². The lowest BCUT2D eigenvalue weighted by Crippen LogP contribution is -2.48. The predicted octanol–water partition coefficient (Wildman–Crippen LogP) is 2.42. The summed E-state index contributed by atoms with van der Waals surface area (Å²) in [5.41, 5.74) is 6.64. The Morgan fingerprint density at radius 1 is 1.53 bits per heavy atom. The van der Waals surface area contributed by atoms with E-state index in [1.54, 1.807) is 13.2 Å². The highest BCUT2D eigenvalue weighted by molar-refractivity contribution is 6.31. The largest absolute Gasteiger partial charge is 0.381 e. The van der Waals surface area contributed by atoms with E-state index in [0.717, 1.165) is 24.9 Å². The van der Waals surface area contributed by atoms with E-state index in [1.807, 2.05) is 0 Å². The molecule has 1 heterocycles. The van der Waals surface area contributed by atoms with Crippen LogP contribution < -0.4 is 5.73 Å². The minimum atomic E-state index is -0.254. The van der Waals surface area contributed by atoms with Crippen LogP contribution in [0.1, 0.15) is 18.4 Å². The molecule has 3 nitrogen and oxygen atoms in total. The maximum atomic E-state index is 13.3. The van der Waals surface area contributed by atoms with Gasteiger partial charge in [-0.2, -0.15) is 0 Å². The average Bonchev–Trinajstić information content (AvgIpc) is 2.43. The topological polar surface area (TPSA) is 38.5 Å². The van der Waals surface area contributed by atoms with Crippen LogP contribution in [0.3, 0.4) is 0 Å². The SMILES string of the molecule is COC1CCN(Cc2cc(F)ccc2Cl)C(CN)C1. The molecule has 5 heteroatoms. The summed E-state index contributed by atoms with van der Waals surface area (Å²) < 4.78 is 18.7. The molecule has 0 aromatic heterocycles. The van der Waals surface area contributed by atoms with E-state index >= 15 is 0 Å². The molecular weight excluding hydrogens is 267 g/mol. The minimum absolute atomic E-state index is 0.254. The third-order valence-electron chi connectivity index (χ3n) is 3.78. The van der Waals surface area contributed by atoms with E-state index in [0.29, 0.717) is 18.1 Å².